The largest absolute Gasteiger partial charge is 0.381 e. The van der Waals surface area contributed by atoms with Gasteiger partial charge >= 0.3 is 0 Å². The van der Waals surface area contributed by atoms with Crippen LogP contribution in [0.15, 0.2) is 53.6 Å². The van der Waals surface area contributed by atoms with Crippen LogP contribution in [0.5, 0.6) is 0 Å². The molecule has 0 radical (unpaired) electrons. The fourth-order valence-electron chi connectivity index (χ4n) is 2.25. The Kier molecular flexibility index (Phi) is 4.33. The molecule has 1 unspecified atom stereocenters. The Labute approximate surface area is 144 Å². The first-order valence-electron chi connectivity index (χ1n) is 7.07. The first-order chi connectivity index (χ1) is 11.4. The lowest BCUT2D eigenvalue weighted by Gasteiger charge is -2.08. The van der Waals surface area contributed by atoms with Crippen LogP contribution < -0.4 is 0 Å². The second-order valence-corrected chi connectivity index (χ2v) is 7.28. The van der Waals surface area contributed by atoms with Crippen molar-refractivity contribution in [3.8, 4) is 11.8 Å². The van der Waals surface area contributed by atoms with Crippen molar-refractivity contribution in [3.63, 3.8) is 0 Å². The molecule has 122 valence electrons. The second-order valence-electron chi connectivity index (χ2n) is 5.09. The van der Waals surface area contributed by atoms with E-state index in [0.717, 1.165) is 3.97 Å². The van der Waals surface area contributed by atoms with Crippen molar-refractivity contribution in [2.45, 2.75) is 17.9 Å². The van der Waals surface area contributed by atoms with E-state index < -0.39 is 16.1 Å². The number of halogens is 1. The summed E-state index contributed by atoms with van der Waals surface area (Å²) in [4.78, 5) is 4.27. The highest BCUT2D eigenvalue weighted by Gasteiger charge is 2.24. The highest BCUT2D eigenvalue weighted by molar-refractivity contribution is 7.90. The van der Waals surface area contributed by atoms with E-state index in [1.165, 1.54) is 25.3 Å². The lowest BCUT2D eigenvalue weighted by Crippen LogP contribution is -2.15. The van der Waals surface area contributed by atoms with Gasteiger partial charge in [0.1, 0.15) is 11.8 Å². The van der Waals surface area contributed by atoms with Gasteiger partial charge in [0.2, 0.25) is 0 Å². The summed E-state index contributed by atoms with van der Waals surface area (Å²) in [5, 5.41) is 10.2. The molecule has 2 aromatic heterocycles. The van der Waals surface area contributed by atoms with Gasteiger partial charge in [-0.1, -0.05) is 35.7 Å². The molecule has 24 heavy (non-hydrogen) atoms. The minimum Gasteiger partial charge on any atom is -0.381 e. The topological polar surface area (TPSA) is 72.2 Å². The molecule has 0 aliphatic carbocycles. The Bertz CT molecular complexity index is 1060. The molecule has 1 N–H and O–H groups in total. The maximum absolute atomic E-state index is 13.0. The van der Waals surface area contributed by atoms with Crippen LogP contribution in [0.3, 0.4) is 0 Å². The van der Waals surface area contributed by atoms with E-state index in [0.29, 0.717) is 10.4 Å². The molecule has 0 aliphatic rings. The standard InChI is InChI=1S/C17H13ClN2O3S/c1-12(21)7-8-13-11-15-16(18)9-10-19-17(15)20(13)24(22,23)14-5-3-2-4-6-14/h2-6,9-12,21H,1H3. The van der Waals surface area contributed by atoms with E-state index in [-0.39, 0.29) is 16.2 Å². The third kappa shape index (κ3) is 2.89. The molecule has 3 rings (SSSR count). The van der Waals surface area contributed by atoms with Crippen LogP contribution in [0, 0.1) is 11.8 Å². The Morgan fingerprint density at radius 2 is 1.96 bits per heavy atom. The Morgan fingerprint density at radius 3 is 2.62 bits per heavy atom. The van der Waals surface area contributed by atoms with Crippen molar-refractivity contribution >= 4 is 32.7 Å². The smallest absolute Gasteiger partial charge is 0.270 e. The highest BCUT2D eigenvalue weighted by Crippen LogP contribution is 2.28. The average molecular weight is 361 g/mol. The molecule has 0 spiro atoms. The summed E-state index contributed by atoms with van der Waals surface area (Å²) in [6.45, 7) is 1.50. The molecular weight excluding hydrogens is 348 g/mol. The van der Waals surface area contributed by atoms with E-state index in [2.05, 4.69) is 16.8 Å². The summed E-state index contributed by atoms with van der Waals surface area (Å²) in [7, 11) is -3.91. The van der Waals surface area contributed by atoms with Gasteiger partial charge in [-0.3, -0.25) is 0 Å². The van der Waals surface area contributed by atoms with Gasteiger partial charge < -0.3 is 5.11 Å². The summed E-state index contributed by atoms with van der Waals surface area (Å²) in [5.74, 6) is 5.25. The number of fused-ring (bicyclic) bond motifs is 1. The Balaban J connectivity index is 2.36. The number of rotatable bonds is 2. The van der Waals surface area contributed by atoms with E-state index in [1.807, 2.05) is 0 Å². The van der Waals surface area contributed by atoms with Gasteiger partial charge in [-0.2, -0.15) is 0 Å². The van der Waals surface area contributed by atoms with E-state index >= 15 is 0 Å². The first-order valence-corrected chi connectivity index (χ1v) is 8.89. The molecule has 0 fully saturated rings. The molecule has 0 bridgehead atoms. The molecule has 2 heterocycles. The lowest BCUT2D eigenvalue weighted by molar-refractivity contribution is 0.253. The van der Waals surface area contributed by atoms with Gasteiger partial charge in [0.05, 0.1) is 9.92 Å². The molecule has 1 atom stereocenters. The number of nitrogens with zero attached hydrogens (tertiary/aromatic N) is 2. The lowest BCUT2D eigenvalue weighted by atomic mass is 10.3. The Morgan fingerprint density at radius 1 is 1.25 bits per heavy atom. The predicted octanol–water partition coefficient (Wildman–Crippen LogP) is 2.66. The van der Waals surface area contributed by atoms with Crippen LogP contribution in [-0.4, -0.2) is 28.6 Å². The third-order valence-electron chi connectivity index (χ3n) is 3.30. The van der Waals surface area contributed by atoms with Crippen LogP contribution >= 0.6 is 11.6 Å². The molecule has 0 saturated carbocycles. The molecular formula is C17H13ClN2O3S. The molecule has 3 aromatic rings. The highest BCUT2D eigenvalue weighted by atomic mass is 35.5. The molecule has 5 nitrogen and oxygen atoms in total. The number of hydrogen-bond acceptors (Lipinski definition) is 4. The number of benzene rings is 1. The molecule has 0 saturated heterocycles. The molecule has 7 heteroatoms. The van der Waals surface area contributed by atoms with Crippen molar-refractivity contribution in [3.05, 3.63) is 59.4 Å². The van der Waals surface area contributed by atoms with Crippen molar-refractivity contribution in [1.82, 2.24) is 8.96 Å². The number of aromatic nitrogens is 2. The minimum atomic E-state index is -3.91. The zero-order valence-corrected chi connectivity index (χ0v) is 14.2. The molecule has 0 aliphatic heterocycles. The molecule has 1 aromatic carbocycles. The van der Waals surface area contributed by atoms with Crippen molar-refractivity contribution in [2.75, 3.05) is 0 Å². The Hall–Kier alpha value is -2.33. The number of aliphatic hydroxyl groups excluding tert-OH is 1. The second kappa shape index (κ2) is 6.29. The van der Waals surface area contributed by atoms with Crippen molar-refractivity contribution in [1.29, 1.82) is 0 Å². The van der Waals surface area contributed by atoms with E-state index in [4.69, 9.17) is 11.6 Å². The van der Waals surface area contributed by atoms with Gasteiger partial charge in [-0.15, -0.1) is 0 Å². The van der Waals surface area contributed by atoms with Crippen LogP contribution in [0.4, 0.5) is 0 Å². The minimum absolute atomic E-state index is 0.115. The number of hydrogen-bond donors (Lipinski definition) is 1. The maximum atomic E-state index is 13.0. The van der Waals surface area contributed by atoms with E-state index in [9.17, 15) is 13.5 Å². The van der Waals surface area contributed by atoms with Crippen LogP contribution in [-0.2, 0) is 10.0 Å². The van der Waals surface area contributed by atoms with Gasteiger partial charge in [0, 0.05) is 11.6 Å². The maximum Gasteiger partial charge on any atom is 0.270 e. The summed E-state index contributed by atoms with van der Waals surface area (Å²) < 4.78 is 27.1. The average Bonchev–Trinajstić information content (AvgIpc) is 2.94. The fraction of sp³-hybridized carbons (Fsp3) is 0.118. The van der Waals surface area contributed by atoms with Gasteiger partial charge in [0.25, 0.3) is 10.0 Å². The SMILES string of the molecule is CC(O)C#Cc1cc2c(Cl)ccnc2n1S(=O)(=O)c1ccccc1. The first kappa shape index (κ1) is 16.5. The van der Waals surface area contributed by atoms with Gasteiger partial charge in [-0.05, 0) is 37.1 Å². The normalized spacial score (nSPS) is 12.6. The zero-order valence-electron chi connectivity index (χ0n) is 12.6. The van der Waals surface area contributed by atoms with E-state index in [1.54, 1.807) is 30.3 Å². The van der Waals surface area contributed by atoms with Gasteiger partial charge in [-0.25, -0.2) is 17.4 Å². The summed E-state index contributed by atoms with van der Waals surface area (Å²) in [6.07, 6.45) is 0.549. The monoisotopic (exact) mass is 360 g/mol. The van der Waals surface area contributed by atoms with Crippen LogP contribution in [0.2, 0.25) is 5.02 Å². The van der Waals surface area contributed by atoms with Crippen molar-refractivity contribution in [2.24, 2.45) is 0 Å². The van der Waals surface area contributed by atoms with Crippen LogP contribution in [0.25, 0.3) is 11.0 Å². The number of aliphatic hydroxyl groups is 1. The fourth-order valence-corrected chi connectivity index (χ4v) is 3.89. The van der Waals surface area contributed by atoms with Gasteiger partial charge in [0.15, 0.2) is 5.65 Å². The quantitative estimate of drug-likeness (QED) is 0.713. The summed E-state index contributed by atoms with van der Waals surface area (Å²) in [6, 6.07) is 11.1. The summed E-state index contributed by atoms with van der Waals surface area (Å²) >= 11 is 6.16. The number of pyridine rings is 1. The van der Waals surface area contributed by atoms with Crippen molar-refractivity contribution < 1.29 is 13.5 Å². The summed E-state index contributed by atoms with van der Waals surface area (Å²) in [5.41, 5.74) is 0.386. The predicted molar refractivity (Wildman–Crippen MR) is 92.3 cm³/mol. The zero-order chi connectivity index (χ0) is 17.3. The van der Waals surface area contributed by atoms with Crippen LogP contribution in [0.1, 0.15) is 12.6 Å². The molecule has 0 amide bonds. The third-order valence-corrected chi connectivity index (χ3v) is 5.35.